The number of piperidine rings is 1. The molecule has 145 valence electrons. The highest BCUT2D eigenvalue weighted by molar-refractivity contribution is 7.85. The molecule has 1 aliphatic heterocycles. The van der Waals surface area contributed by atoms with E-state index in [1.807, 2.05) is 0 Å². The number of hydrogen-bond donors (Lipinski definition) is 2. The number of hydroxylamine groups is 2. The summed E-state index contributed by atoms with van der Waals surface area (Å²) in [6.07, 6.45) is 0.734. The predicted octanol–water partition coefficient (Wildman–Crippen LogP) is 2.50. The molecule has 1 aromatic carbocycles. The summed E-state index contributed by atoms with van der Waals surface area (Å²) in [7, 11) is -3.02. The smallest absolute Gasteiger partial charge is 0.294 e. The van der Waals surface area contributed by atoms with Gasteiger partial charge in [0.05, 0.1) is 17.7 Å². The van der Waals surface area contributed by atoms with Gasteiger partial charge in [-0.25, -0.2) is 0 Å². The lowest BCUT2D eigenvalue weighted by atomic mass is 9.75. The molecule has 8 nitrogen and oxygen atoms in total. The van der Waals surface area contributed by atoms with Gasteiger partial charge in [0.2, 0.25) is 5.91 Å². The quantitative estimate of drug-likeness (QED) is 0.769. The molecule has 0 bridgehead atoms. The number of nitrogens with zero attached hydrogens (tertiary/aromatic N) is 1. The van der Waals surface area contributed by atoms with Crippen LogP contribution < -0.4 is 10.1 Å². The van der Waals surface area contributed by atoms with E-state index in [2.05, 4.69) is 5.32 Å². The lowest BCUT2D eigenvalue weighted by Crippen LogP contribution is -2.59. The Bertz CT molecular complexity index is 785. The zero-order chi connectivity index (χ0) is 19.9. The number of nitrogens with one attached hydrogen (secondary N) is 1. The first-order valence-corrected chi connectivity index (χ1v) is 9.66. The van der Waals surface area contributed by atoms with E-state index in [0.29, 0.717) is 12.8 Å². The molecule has 2 rings (SSSR count). The van der Waals surface area contributed by atoms with Crippen molar-refractivity contribution in [3.63, 3.8) is 0 Å². The van der Waals surface area contributed by atoms with Gasteiger partial charge in [-0.3, -0.25) is 9.35 Å². The van der Waals surface area contributed by atoms with E-state index in [1.54, 1.807) is 27.7 Å². The third-order valence-electron chi connectivity index (χ3n) is 4.69. The molecule has 1 fully saturated rings. The maximum absolute atomic E-state index is 12.8. The topological polar surface area (TPSA) is 116 Å². The first kappa shape index (κ1) is 20.6. The SMILES string of the molecule is COc1ccc(S(=O)(=O)O)cc1NC(=O)C1CC(C)(C)N([O])C(C)(C)C1. The second-order valence-corrected chi connectivity index (χ2v) is 9.27. The number of carbonyl (C=O) groups is 1. The summed E-state index contributed by atoms with van der Waals surface area (Å²) in [5.41, 5.74) is -1.26. The van der Waals surface area contributed by atoms with Crippen LogP contribution in [0, 0.1) is 5.92 Å². The monoisotopic (exact) mass is 385 g/mol. The number of hydrogen-bond acceptors (Lipinski definition) is 5. The van der Waals surface area contributed by atoms with E-state index in [-0.39, 0.29) is 22.2 Å². The van der Waals surface area contributed by atoms with E-state index in [1.165, 1.54) is 19.2 Å². The summed E-state index contributed by atoms with van der Waals surface area (Å²) in [5.74, 6) is -0.486. The molecule has 1 aromatic rings. The first-order valence-electron chi connectivity index (χ1n) is 8.22. The summed E-state index contributed by atoms with van der Waals surface area (Å²) in [5, 5.41) is 16.1. The third-order valence-corrected chi connectivity index (χ3v) is 5.54. The van der Waals surface area contributed by atoms with Crippen molar-refractivity contribution in [3.8, 4) is 5.75 Å². The van der Waals surface area contributed by atoms with Crippen LogP contribution in [-0.2, 0) is 20.1 Å². The van der Waals surface area contributed by atoms with E-state index >= 15 is 0 Å². The van der Waals surface area contributed by atoms with Crippen molar-refractivity contribution >= 4 is 21.7 Å². The summed E-state index contributed by atoms with van der Waals surface area (Å²) in [4.78, 5) is 12.4. The van der Waals surface area contributed by atoms with Crippen molar-refractivity contribution in [3.05, 3.63) is 18.2 Å². The molecular formula is C17H25N2O6S. The molecule has 0 aliphatic carbocycles. The van der Waals surface area contributed by atoms with Gasteiger partial charge < -0.3 is 10.1 Å². The number of amides is 1. The number of benzene rings is 1. The molecule has 26 heavy (non-hydrogen) atoms. The normalized spacial score (nSPS) is 20.6. The summed E-state index contributed by atoms with van der Waals surface area (Å²) < 4.78 is 37.0. The Morgan fingerprint density at radius 3 is 2.23 bits per heavy atom. The Morgan fingerprint density at radius 2 is 1.77 bits per heavy atom. The van der Waals surface area contributed by atoms with E-state index in [9.17, 15) is 23.0 Å². The van der Waals surface area contributed by atoms with Crippen LogP contribution in [0.2, 0.25) is 0 Å². The molecule has 0 saturated carbocycles. The Balaban J connectivity index is 2.30. The number of ether oxygens (including phenoxy) is 1. The minimum absolute atomic E-state index is 0.146. The lowest BCUT2D eigenvalue weighted by molar-refractivity contribution is -0.292. The van der Waals surface area contributed by atoms with Crippen molar-refractivity contribution in [2.45, 2.75) is 56.5 Å². The lowest BCUT2D eigenvalue weighted by Gasteiger charge is -2.49. The fourth-order valence-corrected chi connectivity index (χ4v) is 4.14. The second-order valence-electron chi connectivity index (χ2n) is 7.85. The van der Waals surface area contributed by atoms with Crippen molar-refractivity contribution in [1.29, 1.82) is 0 Å². The highest BCUT2D eigenvalue weighted by Gasteiger charge is 2.48. The molecule has 1 aliphatic rings. The molecule has 0 spiro atoms. The van der Waals surface area contributed by atoms with Gasteiger partial charge in [0.1, 0.15) is 5.75 Å². The Hall–Kier alpha value is -1.68. The van der Waals surface area contributed by atoms with E-state index < -0.39 is 27.1 Å². The van der Waals surface area contributed by atoms with Crippen LogP contribution in [-0.4, -0.2) is 42.1 Å². The summed E-state index contributed by atoms with van der Waals surface area (Å²) in [6.45, 7) is 7.17. The van der Waals surface area contributed by atoms with Crippen LogP contribution in [0.1, 0.15) is 40.5 Å². The fourth-order valence-electron chi connectivity index (χ4n) is 3.63. The molecular weight excluding hydrogens is 360 g/mol. The molecule has 0 atom stereocenters. The number of carbonyl (C=O) groups excluding carboxylic acids is 1. The van der Waals surface area contributed by atoms with Crippen molar-refractivity contribution in [2.75, 3.05) is 12.4 Å². The number of methoxy groups -OCH3 is 1. The van der Waals surface area contributed by atoms with Crippen LogP contribution in [0.4, 0.5) is 5.69 Å². The van der Waals surface area contributed by atoms with Gasteiger partial charge >= 0.3 is 0 Å². The molecule has 0 aromatic heterocycles. The maximum Gasteiger partial charge on any atom is 0.294 e. The molecule has 1 heterocycles. The fraction of sp³-hybridized carbons (Fsp3) is 0.588. The summed E-state index contributed by atoms with van der Waals surface area (Å²) in [6, 6.07) is 3.68. The summed E-state index contributed by atoms with van der Waals surface area (Å²) >= 11 is 0. The molecule has 1 amide bonds. The molecule has 2 N–H and O–H groups in total. The third kappa shape index (κ3) is 4.17. The van der Waals surface area contributed by atoms with Gasteiger partial charge in [0.25, 0.3) is 10.1 Å². The average Bonchev–Trinajstić information content (AvgIpc) is 2.51. The predicted molar refractivity (Wildman–Crippen MR) is 94.8 cm³/mol. The second kappa shape index (κ2) is 6.80. The number of rotatable bonds is 4. The van der Waals surface area contributed by atoms with E-state index in [0.717, 1.165) is 11.1 Å². The molecule has 0 unspecified atom stereocenters. The van der Waals surface area contributed by atoms with E-state index in [4.69, 9.17) is 4.74 Å². The van der Waals surface area contributed by atoms with Crippen molar-refractivity contribution in [1.82, 2.24) is 5.06 Å². The van der Waals surface area contributed by atoms with Gasteiger partial charge in [-0.1, -0.05) is 0 Å². The zero-order valence-electron chi connectivity index (χ0n) is 15.6. The minimum Gasteiger partial charge on any atom is -0.495 e. The van der Waals surface area contributed by atoms with Gasteiger partial charge in [-0.2, -0.15) is 8.42 Å². The average molecular weight is 385 g/mol. The Kier molecular flexibility index (Phi) is 5.40. The standard InChI is InChI=1S/C17H25N2O6S/c1-16(2)9-11(10-17(3,4)19(16)21)15(20)18-13-8-12(26(22,23)24)6-7-14(13)25-5/h6-8,11H,9-10H2,1-5H3,(H,18,20)(H,22,23,24). The van der Waals surface area contributed by atoms with Gasteiger partial charge in [0, 0.05) is 17.0 Å². The largest absolute Gasteiger partial charge is 0.495 e. The highest BCUT2D eigenvalue weighted by Crippen LogP contribution is 2.41. The minimum atomic E-state index is -4.41. The molecule has 1 saturated heterocycles. The van der Waals surface area contributed by atoms with Crippen LogP contribution in [0.5, 0.6) is 5.75 Å². The van der Waals surface area contributed by atoms with Gasteiger partial charge in [-0.05, 0) is 58.7 Å². The van der Waals surface area contributed by atoms with Gasteiger partial charge in [-0.15, -0.1) is 10.3 Å². The van der Waals surface area contributed by atoms with Crippen LogP contribution in [0.3, 0.4) is 0 Å². The Morgan fingerprint density at radius 1 is 1.23 bits per heavy atom. The highest BCUT2D eigenvalue weighted by atomic mass is 32.2. The van der Waals surface area contributed by atoms with Crippen LogP contribution in [0.15, 0.2) is 23.1 Å². The molecule has 9 heteroatoms. The zero-order valence-corrected chi connectivity index (χ0v) is 16.4. The van der Waals surface area contributed by atoms with Crippen molar-refractivity contribution < 1.29 is 27.7 Å². The maximum atomic E-state index is 12.8. The van der Waals surface area contributed by atoms with Crippen LogP contribution >= 0.6 is 0 Å². The van der Waals surface area contributed by atoms with Crippen LogP contribution in [0.25, 0.3) is 0 Å². The number of anilines is 1. The molecule has 1 radical (unpaired) electrons. The first-order chi connectivity index (χ1) is 11.8. The Labute approximate surface area is 153 Å². The van der Waals surface area contributed by atoms with Gasteiger partial charge in [0.15, 0.2) is 0 Å². The van der Waals surface area contributed by atoms with Crippen molar-refractivity contribution in [2.24, 2.45) is 5.92 Å².